The average Bonchev–Trinajstić information content (AvgIpc) is 3.63. The van der Waals surface area contributed by atoms with Crippen LogP contribution < -0.4 is 9.47 Å². The third kappa shape index (κ3) is 6.83. The number of fused-ring (bicyclic) bond motifs is 3. The Balaban J connectivity index is 1.44. The molecule has 0 bridgehead atoms. The molecule has 43 heavy (non-hydrogen) atoms. The van der Waals surface area contributed by atoms with Gasteiger partial charge in [0.15, 0.2) is 6.54 Å². The van der Waals surface area contributed by atoms with E-state index in [1.165, 1.54) is 10.1 Å². The standard InChI is InChI=1S/C30H28N2O6S5/c1-20-7-9-27-24(17-20)31(12-3-15-42(33,34)35)29(40-27)19-30-32(13-4-16-43(36,37)38)25-18-21(8-10-28(25)41-30)22-5-2-6-26-23(22)11-14-39-26/h2,5-11,14,17-19H,3-4,12-13,15-16H2,1H3,(H-,33,34,35,36,37,38)/p+1. The first-order chi connectivity index (χ1) is 20.4. The number of hydrogen-bond acceptors (Lipinski definition) is 8. The first-order valence-electron chi connectivity index (χ1n) is 13.6. The van der Waals surface area contributed by atoms with Crippen LogP contribution in [0.5, 0.6) is 0 Å². The maximum Gasteiger partial charge on any atom is 0.265 e. The van der Waals surface area contributed by atoms with Crippen LogP contribution in [-0.4, -0.2) is 44.0 Å². The van der Waals surface area contributed by atoms with Crippen LogP contribution in [0.3, 0.4) is 0 Å². The number of aromatic nitrogens is 1. The highest BCUT2D eigenvalue weighted by molar-refractivity contribution is 8.04. The molecule has 0 fully saturated rings. The first kappa shape index (κ1) is 30.3. The summed E-state index contributed by atoms with van der Waals surface area (Å²) in [4.78, 5) is 3.13. The minimum atomic E-state index is -4.11. The van der Waals surface area contributed by atoms with E-state index < -0.39 is 20.2 Å². The fourth-order valence-corrected chi connectivity index (χ4v) is 9.40. The van der Waals surface area contributed by atoms with Crippen molar-refractivity contribution in [3.63, 3.8) is 0 Å². The van der Waals surface area contributed by atoms with Gasteiger partial charge in [-0.25, -0.2) is 0 Å². The van der Waals surface area contributed by atoms with Gasteiger partial charge in [0.05, 0.1) is 28.3 Å². The summed E-state index contributed by atoms with van der Waals surface area (Å²) >= 11 is 4.87. The highest BCUT2D eigenvalue weighted by Crippen LogP contribution is 2.47. The molecule has 3 heterocycles. The third-order valence-electron chi connectivity index (χ3n) is 7.24. The van der Waals surface area contributed by atoms with Crippen molar-refractivity contribution in [2.45, 2.75) is 31.2 Å². The van der Waals surface area contributed by atoms with Gasteiger partial charge in [0.1, 0.15) is 4.70 Å². The number of anilines is 1. The van der Waals surface area contributed by atoms with Crippen molar-refractivity contribution in [2.24, 2.45) is 0 Å². The van der Waals surface area contributed by atoms with Crippen molar-refractivity contribution in [1.82, 2.24) is 0 Å². The Morgan fingerprint density at radius 1 is 0.907 bits per heavy atom. The molecule has 1 aliphatic rings. The molecular weight excluding hydrogens is 645 g/mol. The van der Waals surface area contributed by atoms with Gasteiger partial charge in [0, 0.05) is 34.0 Å². The molecular formula is C30H29N2O6S5+. The Bertz CT molecular complexity index is 2100. The van der Waals surface area contributed by atoms with Crippen molar-refractivity contribution >= 4 is 86.7 Å². The summed E-state index contributed by atoms with van der Waals surface area (Å²) in [5.74, 6) is -0.677. The van der Waals surface area contributed by atoms with E-state index in [-0.39, 0.29) is 24.3 Å². The van der Waals surface area contributed by atoms with Crippen molar-refractivity contribution < 1.29 is 30.5 Å². The van der Waals surface area contributed by atoms with Gasteiger partial charge < -0.3 is 4.90 Å². The molecule has 5 aromatic rings. The molecule has 0 unspecified atom stereocenters. The van der Waals surface area contributed by atoms with E-state index in [0.717, 1.165) is 47.5 Å². The Morgan fingerprint density at radius 3 is 2.49 bits per heavy atom. The number of aryl methyl sites for hydroxylation is 2. The second kappa shape index (κ2) is 12.0. The van der Waals surface area contributed by atoms with Crippen LogP contribution >= 0.6 is 34.4 Å². The zero-order chi connectivity index (χ0) is 30.4. The summed E-state index contributed by atoms with van der Waals surface area (Å²) in [5.41, 5.74) is 5.21. The van der Waals surface area contributed by atoms with Crippen LogP contribution in [0.15, 0.2) is 76.0 Å². The van der Waals surface area contributed by atoms with Crippen LogP contribution in [0.2, 0.25) is 0 Å². The Hall–Kier alpha value is -2.78. The van der Waals surface area contributed by atoms with E-state index in [4.69, 9.17) is 0 Å². The second-order valence-corrected chi connectivity index (χ2v) is 16.6. The van der Waals surface area contributed by atoms with E-state index in [1.807, 2.05) is 19.1 Å². The summed E-state index contributed by atoms with van der Waals surface area (Å²) in [6.07, 6.45) is 2.55. The van der Waals surface area contributed by atoms with Crippen LogP contribution in [0.4, 0.5) is 5.69 Å². The summed E-state index contributed by atoms with van der Waals surface area (Å²) in [6, 6.07) is 20.9. The predicted molar refractivity (Wildman–Crippen MR) is 177 cm³/mol. The van der Waals surface area contributed by atoms with E-state index in [1.54, 1.807) is 34.4 Å². The fraction of sp³-hybridized carbons (Fsp3) is 0.233. The second-order valence-electron chi connectivity index (χ2n) is 10.4. The monoisotopic (exact) mass is 673 g/mol. The number of rotatable bonds is 10. The number of nitrogens with zero attached hydrogens (tertiary/aromatic N) is 2. The topological polar surface area (TPSA) is 116 Å². The lowest BCUT2D eigenvalue weighted by Gasteiger charge is -2.20. The molecule has 6 rings (SSSR count). The van der Waals surface area contributed by atoms with Gasteiger partial charge in [-0.05, 0) is 65.7 Å². The van der Waals surface area contributed by atoms with Gasteiger partial charge in [-0.2, -0.15) is 21.4 Å². The van der Waals surface area contributed by atoms with Gasteiger partial charge in [-0.1, -0.05) is 47.4 Å². The molecule has 2 aromatic heterocycles. The summed E-state index contributed by atoms with van der Waals surface area (Å²) in [5, 5.41) is 5.08. The average molecular weight is 674 g/mol. The molecule has 0 atom stereocenters. The Morgan fingerprint density at radius 2 is 1.70 bits per heavy atom. The van der Waals surface area contributed by atoms with Crippen molar-refractivity contribution in [3.8, 4) is 11.1 Å². The zero-order valence-electron chi connectivity index (χ0n) is 23.1. The largest absolute Gasteiger partial charge is 0.335 e. The fourth-order valence-electron chi connectivity index (χ4n) is 5.32. The number of thiazole rings is 1. The predicted octanol–water partition coefficient (Wildman–Crippen LogP) is 6.85. The molecule has 0 saturated heterocycles. The van der Waals surface area contributed by atoms with E-state index >= 15 is 0 Å². The SMILES string of the molecule is Cc1ccc2c(c1)N(CCCS(=O)(=O)O)C(=Cc1sc3ccc(-c4cccc5sccc45)cc3[n+]1CCCS(=O)(=O)O)S2. The summed E-state index contributed by atoms with van der Waals surface area (Å²) in [6.45, 7) is 2.79. The lowest BCUT2D eigenvalue weighted by atomic mass is 10.0. The minimum absolute atomic E-state index is 0.237. The molecule has 8 nitrogen and oxygen atoms in total. The molecule has 13 heteroatoms. The lowest BCUT2D eigenvalue weighted by Crippen LogP contribution is -2.36. The molecule has 1 aliphatic heterocycles. The molecule has 0 amide bonds. The van der Waals surface area contributed by atoms with Gasteiger partial charge in [-0.15, -0.1) is 11.3 Å². The Labute approximate surface area is 262 Å². The lowest BCUT2D eigenvalue weighted by molar-refractivity contribution is -0.668. The number of hydrogen-bond donors (Lipinski definition) is 2. The quantitative estimate of drug-likeness (QED) is 0.122. The van der Waals surface area contributed by atoms with Gasteiger partial charge in [0.2, 0.25) is 5.52 Å². The maximum absolute atomic E-state index is 11.6. The molecule has 224 valence electrons. The molecule has 0 aliphatic carbocycles. The molecule has 0 spiro atoms. The molecule has 2 N–H and O–H groups in total. The number of thioether (sulfide) groups is 1. The van der Waals surface area contributed by atoms with Crippen LogP contribution in [0.1, 0.15) is 23.4 Å². The molecule has 0 radical (unpaired) electrons. The summed E-state index contributed by atoms with van der Waals surface area (Å²) in [7, 11) is -8.20. The number of benzene rings is 3. The van der Waals surface area contributed by atoms with Crippen LogP contribution in [0.25, 0.3) is 37.5 Å². The van der Waals surface area contributed by atoms with Crippen molar-refractivity contribution in [2.75, 3.05) is 23.0 Å². The number of thiophene rings is 1. The molecule has 0 saturated carbocycles. The highest BCUT2D eigenvalue weighted by Gasteiger charge is 2.29. The smallest absolute Gasteiger partial charge is 0.265 e. The van der Waals surface area contributed by atoms with E-state index in [2.05, 4.69) is 69.5 Å². The first-order valence-corrected chi connectivity index (χ1v) is 19.3. The Kier molecular flexibility index (Phi) is 8.41. The van der Waals surface area contributed by atoms with Crippen LogP contribution in [0, 0.1) is 6.92 Å². The highest BCUT2D eigenvalue weighted by atomic mass is 32.2. The van der Waals surface area contributed by atoms with Gasteiger partial charge >= 0.3 is 0 Å². The third-order valence-corrected chi connectivity index (χ3v) is 12.0. The molecule has 3 aromatic carbocycles. The van der Waals surface area contributed by atoms with E-state index in [0.29, 0.717) is 13.1 Å². The van der Waals surface area contributed by atoms with Gasteiger partial charge in [-0.3, -0.25) is 9.11 Å². The van der Waals surface area contributed by atoms with Gasteiger partial charge in [0.25, 0.3) is 25.2 Å². The van der Waals surface area contributed by atoms with Crippen LogP contribution in [-0.2, 0) is 26.8 Å². The van der Waals surface area contributed by atoms with Crippen molar-refractivity contribution in [3.05, 3.63) is 81.6 Å². The normalized spacial score (nSPS) is 14.8. The van der Waals surface area contributed by atoms with E-state index in [9.17, 15) is 25.9 Å². The van der Waals surface area contributed by atoms with Crippen molar-refractivity contribution in [1.29, 1.82) is 0 Å². The maximum atomic E-state index is 11.6. The summed E-state index contributed by atoms with van der Waals surface area (Å²) < 4.78 is 69.1. The zero-order valence-corrected chi connectivity index (χ0v) is 27.2. The minimum Gasteiger partial charge on any atom is -0.335 e.